The second-order valence-electron chi connectivity index (χ2n) is 4.12. The third kappa shape index (κ3) is 5.88. The number of para-hydroxylation sites is 1. The predicted molar refractivity (Wildman–Crippen MR) is 79.3 cm³/mol. The first-order chi connectivity index (χ1) is 8.96. The summed E-state index contributed by atoms with van der Waals surface area (Å²) in [6, 6.07) is 4.31. The van der Waals surface area contributed by atoms with E-state index in [2.05, 4.69) is 26.0 Å². The van der Waals surface area contributed by atoms with Gasteiger partial charge in [0.1, 0.15) is 5.82 Å². The van der Waals surface area contributed by atoms with Gasteiger partial charge in [0.2, 0.25) is 10.0 Å². The number of benzene rings is 1. The summed E-state index contributed by atoms with van der Waals surface area (Å²) in [6.07, 6.45) is 1.49. The zero-order valence-corrected chi connectivity index (χ0v) is 13.2. The number of rotatable bonds is 8. The van der Waals surface area contributed by atoms with Crippen LogP contribution in [0.15, 0.2) is 22.7 Å². The molecule has 0 saturated heterocycles. The number of halogens is 2. The Hall–Kier alpha value is -0.660. The molecule has 0 aromatic heterocycles. The molecule has 0 unspecified atom stereocenters. The topological polar surface area (TPSA) is 58.2 Å². The number of sulfonamides is 1. The summed E-state index contributed by atoms with van der Waals surface area (Å²) in [7, 11) is -3.53. The van der Waals surface area contributed by atoms with E-state index in [1.807, 2.05) is 6.92 Å². The molecule has 0 aliphatic rings. The van der Waals surface area contributed by atoms with Crippen LogP contribution in [0.25, 0.3) is 0 Å². The SMILES string of the molecule is CCCNCCCS(=O)(=O)Nc1c(F)cccc1Br. The largest absolute Gasteiger partial charge is 0.317 e. The molecule has 0 saturated carbocycles. The summed E-state index contributed by atoms with van der Waals surface area (Å²) in [5, 5.41) is 3.12. The third-order valence-corrected chi connectivity index (χ3v) is 4.42. The predicted octanol–water partition coefficient (Wildman–Crippen LogP) is 2.72. The Bertz CT molecular complexity index is 488. The highest BCUT2D eigenvalue weighted by Gasteiger charge is 2.15. The molecule has 108 valence electrons. The highest BCUT2D eigenvalue weighted by atomic mass is 79.9. The fraction of sp³-hybridized carbons (Fsp3) is 0.500. The van der Waals surface area contributed by atoms with Crippen molar-refractivity contribution in [3.05, 3.63) is 28.5 Å². The molecule has 0 radical (unpaired) electrons. The molecule has 1 rings (SSSR count). The van der Waals surface area contributed by atoms with Crippen LogP contribution in [-0.4, -0.2) is 27.3 Å². The molecule has 0 aliphatic heterocycles. The van der Waals surface area contributed by atoms with Crippen molar-refractivity contribution >= 4 is 31.6 Å². The van der Waals surface area contributed by atoms with Crippen LogP contribution in [0.5, 0.6) is 0 Å². The molecule has 2 N–H and O–H groups in total. The maximum absolute atomic E-state index is 13.5. The molecule has 4 nitrogen and oxygen atoms in total. The van der Waals surface area contributed by atoms with Crippen molar-refractivity contribution in [3.8, 4) is 0 Å². The molecule has 0 heterocycles. The van der Waals surface area contributed by atoms with E-state index in [1.54, 1.807) is 6.07 Å². The van der Waals surface area contributed by atoms with Crippen molar-refractivity contribution in [3.63, 3.8) is 0 Å². The average Bonchev–Trinajstić information content (AvgIpc) is 2.34. The molecule has 1 aromatic carbocycles. The minimum Gasteiger partial charge on any atom is -0.317 e. The summed E-state index contributed by atoms with van der Waals surface area (Å²) in [5.41, 5.74) is -0.0379. The quantitative estimate of drug-likeness (QED) is 0.707. The molecule has 19 heavy (non-hydrogen) atoms. The zero-order valence-electron chi connectivity index (χ0n) is 10.7. The van der Waals surface area contributed by atoms with Crippen molar-refractivity contribution in [2.75, 3.05) is 23.6 Å². The minimum absolute atomic E-state index is 0.0372. The zero-order chi connectivity index (χ0) is 14.3. The Morgan fingerprint density at radius 1 is 1.32 bits per heavy atom. The molecule has 0 fully saturated rings. The second kappa shape index (κ2) is 7.81. The summed E-state index contributed by atoms with van der Waals surface area (Å²) in [6.45, 7) is 3.54. The summed E-state index contributed by atoms with van der Waals surface area (Å²) < 4.78 is 39.8. The van der Waals surface area contributed by atoms with Crippen molar-refractivity contribution in [2.45, 2.75) is 19.8 Å². The van der Waals surface area contributed by atoms with Crippen LogP contribution in [0, 0.1) is 5.82 Å². The van der Waals surface area contributed by atoms with Crippen molar-refractivity contribution < 1.29 is 12.8 Å². The van der Waals surface area contributed by atoms with Crippen molar-refractivity contribution in [2.24, 2.45) is 0 Å². The summed E-state index contributed by atoms with van der Waals surface area (Å²) in [5.74, 6) is -0.633. The fourth-order valence-electron chi connectivity index (χ4n) is 1.49. The first-order valence-electron chi connectivity index (χ1n) is 6.11. The smallest absolute Gasteiger partial charge is 0.232 e. The molecule has 1 aromatic rings. The van der Waals surface area contributed by atoms with Crippen LogP contribution in [0.4, 0.5) is 10.1 Å². The Morgan fingerprint density at radius 3 is 2.68 bits per heavy atom. The lowest BCUT2D eigenvalue weighted by Crippen LogP contribution is -2.23. The number of nitrogens with one attached hydrogen (secondary N) is 2. The van der Waals surface area contributed by atoms with Crippen molar-refractivity contribution in [1.29, 1.82) is 0 Å². The molecule has 0 atom stereocenters. The number of hydrogen-bond acceptors (Lipinski definition) is 3. The summed E-state index contributed by atoms with van der Waals surface area (Å²) in [4.78, 5) is 0. The van der Waals surface area contributed by atoms with E-state index >= 15 is 0 Å². The highest BCUT2D eigenvalue weighted by molar-refractivity contribution is 9.10. The fourth-order valence-corrected chi connectivity index (χ4v) is 3.21. The molecule has 0 amide bonds. The Labute approximate surface area is 122 Å². The Kier molecular flexibility index (Phi) is 6.74. The number of hydrogen-bond donors (Lipinski definition) is 2. The van der Waals surface area contributed by atoms with Crippen LogP contribution >= 0.6 is 15.9 Å². The van der Waals surface area contributed by atoms with Crippen LogP contribution in [0.2, 0.25) is 0 Å². The van der Waals surface area contributed by atoms with Crippen LogP contribution in [0.3, 0.4) is 0 Å². The first kappa shape index (κ1) is 16.4. The molecular weight excluding hydrogens is 335 g/mol. The normalized spacial score (nSPS) is 11.5. The molecule has 0 bridgehead atoms. The molecular formula is C12H18BrFN2O2S. The van der Waals surface area contributed by atoms with Gasteiger partial charge in [0.05, 0.1) is 11.4 Å². The van der Waals surface area contributed by atoms with Gasteiger partial charge < -0.3 is 5.32 Å². The Morgan fingerprint density at radius 2 is 2.05 bits per heavy atom. The number of anilines is 1. The van der Waals surface area contributed by atoms with Gasteiger partial charge in [-0.05, 0) is 54.0 Å². The third-order valence-electron chi connectivity index (χ3n) is 2.41. The van der Waals surface area contributed by atoms with E-state index in [1.165, 1.54) is 12.1 Å². The summed E-state index contributed by atoms with van der Waals surface area (Å²) >= 11 is 3.12. The van der Waals surface area contributed by atoms with Gasteiger partial charge in [-0.3, -0.25) is 4.72 Å². The van der Waals surface area contributed by atoms with E-state index in [-0.39, 0.29) is 11.4 Å². The van der Waals surface area contributed by atoms with E-state index in [9.17, 15) is 12.8 Å². The van der Waals surface area contributed by atoms with Crippen LogP contribution in [-0.2, 0) is 10.0 Å². The van der Waals surface area contributed by atoms with Gasteiger partial charge >= 0.3 is 0 Å². The second-order valence-corrected chi connectivity index (χ2v) is 6.82. The van der Waals surface area contributed by atoms with Gasteiger partial charge in [-0.1, -0.05) is 13.0 Å². The molecule has 0 spiro atoms. The van der Waals surface area contributed by atoms with Gasteiger partial charge in [0, 0.05) is 4.47 Å². The van der Waals surface area contributed by atoms with Crippen LogP contribution in [0.1, 0.15) is 19.8 Å². The van der Waals surface area contributed by atoms with Gasteiger partial charge in [0.25, 0.3) is 0 Å². The standard InChI is InChI=1S/C12H18BrFN2O2S/c1-2-7-15-8-4-9-19(17,18)16-12-10(13)5-3-6-11(12)14/h3,5-6,15-16H,2,4,7-9H2,1H3. The molecule has 7 heteroatoms. The minimum atomic E-state index is -3.53. The van der Waals surface area contributed by atoms with Gasteiger partial charge in [-0.2, -0.15) is 0 Å². The average molecular weight is 353 g/mol. The van der Waals surface area contributed by atoms with E-state index in [4.69, 9.17) is 0 Å². The van der Waals surface area contributed by atoms with Gasteiger partial charge in [0.15, 0.2) is 0 Å². The lowest BCUT2D eigenvalue weighted by molar-refractivity contribution is 0.591. The lowest BCUT2D eigenvalue weighted by Gasteiger charge is -2.10. The van der Waals surface area contributed by atoms with Crippen LogP contribution < -0.4 is 10.0 Å². The van der Waals surface area contributed by atoms with E-state index in [0.717, 1.165) is 13.0 Å². The van der Waals surface area contributed by atoms with Gasteiger partial charge in [-0.25, -0.2) is 12.8 Å². The Balaban J connectivity index is 2.55. The molecule has 0 aliphatic carbocycles. The monoisotopic (exact) mass is 352 g/mol. The van der Waals surface area contributed by atoms with Gasteiger partial charge in [-0.15, -0.1) is 0 Å². The lowest BCUT2D eigenvalue weighted by atomic mass is 10.3. The first-order valence-corrected chi connectivity index (χ1v) is 8.56. The van der Waals surface area contributed by atoms with E-state index in [0.29, 0.717) is 17.4 Å². The maximum atomic E-state index is 13.5. The maximum Gasteiger partial charge on any atom is 0.232 e. The van der Waals surface area contributed by atoms with Crippen molar-refractivity contribution in [1.82, 2.24) is 5.32 Å². The van der Waals surface area contributed by atoms with E-state index < -0.39 is 15.8 Å². The highest BCUT2D eigenvalue weighted by Crippen LogP contribution is 2.26.